The van der Waals surface area contributed by atoms with Crippen molar-refractivity contribution < 1.29 is 9.32 Å². The van der Waals surface area contributed by atoms with Crippen molar-refractivity contribution in [1.29, 1.82) is 0 Å². The first-order chi connectivity index (χ1) is 11.6. The van der Waals surface area contributed by atoms with Crippen LogP contribution in [0.2, 0.25) is 0 Å². The molecule has 0 bridgehead atoms. The third-order valence-corrected chi connectivity index (χ3v) is 4.94. The van der Waals surface area contributed by atoms with Crippen molar-refractivity contribution in [3.05, 3.63) is 65.9 Å². The number of nitrogens with zero attached hydrogens (tertiary/aromatic N) is 1. The molecule has 24 heavy (non-hydrogen) atoms. The molecule has 0 spiro atoms. The molecule has 1 aliphatic carbocycles. The molecule has 0 atom stereocenters. The predicted molar refractivity (Wildman–Crippen MR) is 93.7 cm³/mol. The van der Waals surface area contributed by atoms with Gasteiger partial charge < -0.3 is 4.52 Å². The minimum absolute atomic E-state index is 0.159. The minimum atomic E-state index is -0.485. The van der Waals surface area contributed by atoms with E-state index in [2.05, 4.69) is 36.3 Å². The van der Waals surface area contributed by atoms with Crippen LogP contribution in [0.15, 0.2) is 59.1 Å². The summed E-state index contributed by atoms with van der Waals surface area (Å²) in [7, 11) is 0. The van der Waals surface area contributed by atoms with E-state index in [4.69, 9.17) is 4.52 Å². The lowest BCUT2D eigenvalue weighted by atomic mass is 9.89. The molecule has 1 aliphatic rings. The molecule has 1 heterocycles. The molecule has 0 saturated heterocycles. The van der Waals surface area contributed by atoms with Crippen LogP contribution >= 0.6 is 0 Å². The molecule has 0 radical (unpaired) electrons. The first kappa shape index (κ1) is 14.9. The summed E-state index contributed by atoms with van der Waals surface area (Å²) in [5.41, 5.74) is 4.52. The fourth-order valence-electron chi connectivity index (χ4n) is 3.26. The highest BCUT2D eigenvalue weighted by molar-refractivity contribution is 5.94. The summed E-state index contributed by atoms with van der Waals surface area (Å²) in [5, 5.41) is 4.35. The van der Waals surface area contributed by atoms with Gasteiger partial charge in [-0.25, -0.2) is 0 Å². The smallest absolute Gasteiger partial charge is 0.158 e. The number of benzene rings is 2. The first-order valence-corrected chi connectivity index (χ1v) is 8.25. The van der Waals surface area contributed by atoms with Gasteiger partial charge in [0.05, 0.1) is 11.0 Å². The highest BCUT2D eigenvalue weighted by Crippen LogP contribution is 2.53. The van der Waals surface area contributed by atoms with Gasteiger partial charge in [-0.05, 0) is 32.3 Å². The second kappa shape index (κ2) is 5.45. The zero-order valence-electron chi connectivity index (χ0n) is 13.9. The van der Waals surface area contributed by atoms with Gasteiger partial charge in [0, 0.05) is 5.56 Å². The number of ketones is 1. The molecule has 0 unspecified atom stereocenters. The summed E-state index contributed by atoms with van der Waals surface area (Å²) >= 11 is 0. The molecule has 3 heteroatoms. The Morgan fingerprint density at radius 2 is 1.67 bits per heavy atom. The first-order valence-electron chi connectivity index (χ1n) is 8.25. The Morgan fingerprint density at radius 1 is 1.00 bits per heavy atom. The molecule has 1 aromatic heterocycles. The van der Waals surface area contributed by atoms with Gasteiger partial charge in [0.1, 0.15) is 11.5 Å². The standard InChI is InChI=1S/C21H19NO2/c1-14-8-10-17(11-9-14)19-18(16-6-4-3-5-7-16)20(24-22-19)21(12-13-21)15(2)23/h3-11H,12-13H2,1-2H3. The predicted octanol–water partition coefficient (Wildman–Crippen LogP) is 4.94. The van der Waals surface area contributed by atoms with E-state index in [0.29, 0.717) is 0 Å². The van der Waals surface area contributed by atoms with Gasteiger partial charge in [0.15, 0.2) is 5.76 Å². The van der Waals surface area contributed by atoms with Crippen molar-refractivity contribution in [2.75, 3.05) is 0 Å². The van der Waals surface area contributed by atoms with Crippen LogP contribution in [0.5, 0.6) is 0 Å². The number of carbonyl (C=O) groups excluding carboxylic acids is 1. The number of rotatable bonds is 4. The Bertz CT molecular complexity index is 887. The highest BCUT2D eigenvalue weighted by Gasteiger charge is 2.54. The molecule has 0 aliphatic heterocycles. The summed E-state index contributed by atoms with van der Waals surface area (Å²) < 4.78 is 5.75. The molecule has 3 nitrogen and oxygen atoms in total. The number of carbonyl (C=O) groups is 1. The lowest BCUT2D eigenvalue weighted by Gasteiger charge is -2.11. The highest BCUT2D eigenvalue weighted by atomic mass is 16.5. The Balaban J connectivity index is 1.94. The van der Waals surface area contributed by atoms with E-state index in [0.717, 1.165) is 41.0 Å². The second-order valence-electron chi connectivity index (χ2n) is 6.61. The van der Waals surface area contributed by atoms with E-state index < -0.39 is 5.41 Å². The number of hydrogen-bond donors (Lipinski definition) is 0. The zero-order valence-corrected chi connectivity index (χ0v) is 13.9. The van der Waals surface area contributed by atoms with Crippen LogP contribution in [0.4, 0.5) is 0 Å². The Morgan fingerprint density at radius 3 is 2.25 bits per heavy atom. The molecular weight excluding hydrogens is 298 g/mol. The summed E-state index contributed by atoms with van der Waals surface area (Å²) in [4.78, 5) is 12.2. The van der Waals surface area contributed by atoms with Crippen molar-refractivity contribution in [1.82, 2.24) is 5.16 Å². The SMILES string of the molecule is CC(=O)C1(c2onc(-c3ccc(C)cc3)c2-c2ccccc2)CC1. The average molecular weight is 317 g/mol. The zero-order chi connectivity index (χ0) is 16.7. The van der Waals surface area contributed by atoms with E-state index in [-0.39, 0.29) is 5.78 Å². The number of aryl methyl sites for hydroxylation is 1. The summed E-state index contributed by atoms with van der Waals surface area (Å²) in [6, 6.07) is 18.3. The fraction of sp³-hybridized carbons (Fsp3) is 0.238. The van der Waals surface area contributed by atoms with E-state index in [1.54, 1.807) is 6.92 Å². The molecule has 3 aromatic rings. The van der Waals surface area contributed by atoms with Crippen LogP contribution in [0.1, 0.15) is 31.1 Å². The van der Waals surface area contributed by atoms with Crippen molar-refractivity contribution in [2.24, 2.45) is 0 Å². The van der Waals surface area contributed by atoms with Crippen LogP contribution in [0.25, 0.3) is 22.4 Å². The Hall–Kier alpha value is -2.68. The largest absolute Gasteiger partial charge is 0.359 e. The normalized spacial score (nSPS) is 15.2. The third-order valence-electron chi connectivity index (χ3n) is 4.94. The lowest BCUT2D eigenvalue weighted by molar-refractivity contribution is -0.119. The van der Waals surface area contributed by atoms with E-state index in [9.17, 15) is 4.79 Å². The second-order valence-corrected chi connectivity index (χ2v) is 6.61. The molecule has 1 fully saturated rings. The van der Waals surface area contributed by atoms with Gasteiger partial charge in [-0.2, -0.15) is 0 Å². The van der Waals surface area contributed by atoms with Crippen LogP contribution in [-0.2, 0) is 10.2 Å². The molecule has 4 rings (SSSR count). The van der Waals surface area contributed by atoms with Crippen LogP contribution in [0, 0.1) is 6.92 Å². The van der Waals surface area contributed by atoms with Crippen molar-refractivity contribution >= 4 is 5.78 Å². The molecule has 2 aromatic carbocycles. The number of hydrogen-bond acceptors (Lipinski definition) is 3. The van der Waals surface area contributed by atoms with Crippen molar-refractivity contribution in [3.63, 3.8) is 0 Å². The number of Topliss-reactive ketones (excluding diaryl/α,β-unsaturated/α-hetero) is 1. The summed E-state index contributed by atoms with van der Waals surface area (Å²) in [5.74, 6) is 0.878. The summed E-state index contributed by atoms with van der Waals surface area (Å²) in [6.45, 7) is 3.71. The Kier molecular flexibility index (Phi) is 3.38. The van der Waals surface area contributed by atoms with Crippen LogP contribution in [0.3, 0.4) is 0 Å². The average Bonchev–Trinajstić information content (AvgIpc) is 3.30. The molecule has 1 saturated carbocycles. The van der Waals surface area contributed by atoms with Crippen molar-refractivity contribution in [3.8, 4) is 22.4 Å². The molecule has 120 valence electrons. The summed E-state index contributed by atoms with van der Waals surface area (Å²) in [6.07, 6.45) is 1.68. The third kappa shape index (κ3) is 2.28. The van der Waals surface area contributed by atoms with E-state index in [1.807, 2.05) is 30.3 Å². The maximum absolute atomic E-state index is 12.2. The minimum Gasteiger partial charge on any atom is -0.359 e. The quantitative estimate of drug-likeness (QED) is 0.684. The van der Waals surface area contributed by atoms with E-state index in [1.165, 1.54) is 5.56 Å². The molecule has 0 N–H and O–H groups in total. The van der Waals surface area contributed by atoms with E-state index >= 15 is 0 Å². The van der Waals surface area contributed by atoms with Gasteiger partial charge in [0.25, 0.3) is 0 Å². The Labute approximate surface area is 141 Å². The maximum atomic E-state index is 12.2. The van der Waals surface area contributed by atoms with Gasteiger partial charge in [-0.1, -0.05) is 65.3 Å². The molecular formula is C21H19NO2. The number of aromatic nitrogens is 1. The maximum Gasteiger partial charge on any atom is 0.158 e. The van der Waals surface area contributed by atoms with Gasteiger partial charge in [-0.3, -0.25) is 4.79 Å². The van der Waals surface area contributed by atoms with Crippen molar-refractivity contribution in [2.45, 2.75) is 32.1 Å². The van der Waals surface area contributed by atoms with Gasteiger partial charge >= 0.3 is 0 Å². The van der Waals surface area contributed by atoms with Gasteiger partial charge in [-0.15, -0.1) is 0 Å². The fourth-order valence-corrected chi connectivity index (χ4v) is 3.26. The topological polar surface area (TPSA) is 43.1 Å². The van der Waals surface area contributed by atoms with Crippen LogP contribution < -0.4 is 0 Å². The monoisotopic (exact) mass is 317 g/mol. The van der Waals surface area contributed by atoms with Gasteiger partial charge in [0.2, 0.25) is 0 Å². The lowest BCUT2D eigenvalue weighted by Crippen LogP contribution is -2.17. The molecule has 0 amide bonds. The van der Waals surface area contributed by atoms with Crippen LogP contribution in [-0.4, -0.2) is 10.9 Å².